The highest BCUT2D eigenvalue weighted by Gasteiger charge is 2.21. The lowest BCUT2D eigenvalue weighted by Crippen LogP contribution is -2.22. The van der Waals surface area contributed by atoms with Gasteiger partial charge in [-0.05, 0) is 45.0 Å². The van der Waals surface area contributed by atoms with Gasteiger partial charge in [0.1, 0.15) is 11.1 Å². The molecule has 10 heteroatoms. The molecule has 2 aromatic heterocycles. The van der Waals surface area contributed by atoms with Crippen LogP contribution < -0.4 is 10.9 Å². The van der Waals surface area contributed by atoms with Gasteiger partial charge in [-0.15, -0.1) is 0 Å². The van der Waals surface area contributed by atoms with E-state index in [4.69, 9.17) is 23.2 Å². The quantitative estimate of drug-likeness (QED) is 0.309. The topological polar surface area (TPSA) is 119 Å². The lowest BCUT2D eigenvalue weighted by Gasteiger charge is -2.17. The van der Waals surface area contributed by atoms with Crippen molar-refractivity contribution in [3.05, 3.63) is 114 Å². The lowest BCUT2D eigenvalue weighted by atomic mass is 10.0. The van der Waals surface area contributed by atoms with Gasteiger partial charge in [0.25, 0.3) is 0 Å². The summed E-state index contributed by atoms with van der Waals surface area (Å²) >= 11 is 11.9. The monoisotopic (exact) mass is 568 g/mol. The number of aromatic nitrogens is 2. The van der Waals surface area contributed by atoms with E-state index in [0.29, 0.717) is 44.8 Å². The molecular formula is C29H26Cl2N2O6. The van der Waals surface area contributed by atoms with Crippen molar-refractivity contribution in [2.75, 3.05) is 0 Å². The van der Waals surface area contributed by atoms with E-state index in [0.717, 1.165) is 5.69 Å². The van der Waals surface area contributed by atoms with Gasteiger partial charge in [0.05, 0.1) is 11.4 Å². The summed E-state index contributed by atoms with van der Waals surface area (Å²) in [5.74, 6) is -2.47. The molecule has 0 saturated heterocycles. The molecule has 2 aromatic carbocycles. The van der Waals surface area contributed by atoms with Crippen molar-refractivity contribution in [2.24, 2.45) is 7.05 Å². The van der Waals surface area contributed by atoms with Crippen LogP contribution in [0.2, 0.25) is 10.0 Å². The van der Waals surface area contributed by atoms with Crippen LogP contribution in [0.4, 0.5) is 0 Å². The average Bonchev–Trinajstić information content (AvgIpc) is 2.85. The summed E-state index contributed by atoms with van der Waals surface area (Å²) in [7, 11) is 1.72. The van der Waals surface area contributed by atoms with Crippen molar-refractivity contribution in [3.8, 4) is 22.5 Å². The van der Waals surface area contributed by atoms with Gasteiger partial charge < -0.3 is 19.3 Å². The van der Waals surface area contributed by atoms with Crippen molar-refractivity contribution in [2.45, 2.75) is 27.3 Å². The van der Waals surface area contributed by atoms with Gasteiger partial charge in [0.2, 0.25) is 0 Å². The molecule has 0 aliphatic carbocycles. The summed E-state index contributed by atoms with van der Waals surface area (Å²) in [5.41, 5.74) is 1.93. The maximum absolute atomic E-state index is 12.0. The normalized spacial score (nSPS) is 10.5. The van der Waals surface area contributed by atoms with Crippen LogP contribution in [0.1, 0.15) is 39.0 Å². The fourth-order valence-electron chi connectivity index (χ4n) is 4.32. The van der Waals surface area contributed by atoms with E-state index >= 15 is 0 Å². The van der Waals surface area contributed by atoms with Crippen LogP contribution >= 0.6 is 23.2 Å². The summed E-state index contributed by atoms with van der Waals surface area (Å²) in [5, 5.41) is 19.6. The van der Waals surface area contributed by atoms with Gasteiger partial charge in [-0.3, -0.25) is 9.59 Å². The number of aryl methyl sites for hydroxylation is 2. The van der Waals surface area contributed by atoms with Crippen LogP contribution in [0.5, 0.6) is 0 Å². The SMILES string of the molecule is CCn1c(C)cc(=O)c(C(=O)O)c1-c1cccc(Cl)c1.Cc1cc(=O)c(C(=O)O)c(-c2cccc(Cl)c2)n1C. The lowest BCUT2D eigenvalue weighted by molar-refractivity contribution is 0.0684. The number of carbonyl (C=O) groups is 2. The Morgan fingerprint density at radius 2 is 1.18 bits per heavy atom. The number of aromatic carboxylic acids is 2. The molecule has 2 N–H and O–H groups in total. The molecule has 0 unspecified atom stereocenters. The first-order valence-electron chi connectivity index (χ1n) is 11.8. The fourth-order valence-corrected chi connectivity index (χ4v) is 4.70. The molecule has 0 aliphatic rings. The maximum Gasteiger partial charge on any atom is 0.341 e. The molecule has 0 fully saturated rings. The second-order valence-corrected chi connectivity index (χ2v) is 9.55. The van der Waals surface area contributed by atoms with E-state index < -0.39 is 22.8 Å². The van der Waals surface area contributed by atoms with Crippen LogP contribution in [0.15, 0.2) is 70.3 Å². The first kappa shape index (κ1) is 29.4. The van der Waals surface area contributed by atoms with Crippen molar-refractivity contribution < 1.29 is 19.8 Å². The van der Waals surface area contributed by atoms with Crippen LogP contribution in [0.3, 0.4) is 0 Å². The molecule has 0 radical (unpaired) electrons. The Hall–Kier alpha value is -4.14. The largest absolute Gasteiger partial charge is 0.477 e. The smallest absolute Gasteiger partial charge is 0.341 e. The Kier molecular flexibility index (Phi) is 9.16. The molecule has 0 bridgehead atoms. The summed E-state index contributed by atoms with van der Waals surface area (Å²) in [6.45, 7) is 6.00. The maximum atomic E-state index is 12.0. The third kappa shape index (κ3) is 6.30. The third-order valence-corrected chi connectivity index (χ3v) is 6.62. The summed E-state index contributed by atoms with van der Waals surface area (Å²) in [6, 6.07) is 16.3. The molecule has 0 aliphatic heterocycles. The standard InChI is InChI=1S/C15H14ClNO3.C14H12ClNO3/c1-3-17-9(2)7-12(18)13(15(19)20)14(17)10-5-4-6-11(16)8-10;1-8-6-11(17)12(14(18)19)13(16(8)2)9-4-3-5-10(15)7-9/h4-8H,3H2,1-2H3,(H,19,20);3-7H,1-2H3,(H,18,19). The highest BCUT2D eigenvalue weighted by Crippen LogP contribution is 2.27. The molecule has 0 saturated carbocycles. The van der Waals surface area contributed by atoms with E-state index in [9.17, 15) is 29.4 Å². The van der Waals surface area contributed by atoms with Crippen LogP contribution in [0, 0.1) is 13.8 Å². The van der Waals surface area contributed by atoms with Crippen molar-refractivity contribution in [1.29, 1.82) is 0 Å². The van der Waals surface area contributed by atoms with Crippen LogP contribution in [-0.4, -0.2) is 31.3 Å². The minimum Gasteiger partial charge on any atom is -0.477 e. The van der Waals surface area contributed by atoms with Gasteiger partial charge in [-0.2, -0.15) is 0 Å². The number of hydrogen-bond acceptors (Lipinski definition) is 4. The number of nitrogens with zero attached hydrogens (tertiary/aromatic N) is 2. The Bertz CT molecular complexity index is 1710. The van der Waals surface area contributed by atoms with Crippen molar-refractivity contribution >= 4 is 35.1 Å². The number of hydrogen-bond donors (Lipinski definition) is 2. The summed E-state index contributed by atoms with van der Waals surface area (Å²) in [6.07, 6.45) is 0. The van der Waals surface area contributed by atoms with Crippen molar-refractivity contribution in [3.63, 3.8) is 0 Å². The van der Waals surface area contributed by atoms with E-state index in [1.807, 2.05) is 6.92 Å². The molecule has 0 atom stereocenters. The number of rotatable bonds is 5. The number of pyridine rings is 2. The second-order valence-electron chi connectivity index (χ2n) is 8.68. The third-order valence-electron chi connectivity index (χ3n) is 6.15. The predicted molar refractivity (Wildman–Crippen MR) is 152 cm³/mol. The highest BCUT2D eigenvalue weighted by atomic mass is 35.5. The molecule has 4 aromatic rings. The van der Waals surface area contributed by atoms with Gasteiger partial charge in [-0.25, -0.2) is 9.59 Å². The number of halogens is 2. The van der Waals surface area contributed by atoms with E-state index in [-0.39, 0.29) is 11.1 Å². The molecule has 39 heavy (non-hydrogen) atoms. The molecule has 202 valence electrons. The molecule has 0 spiro atoms. The number of carboxylic acids is 2. The zero-order valence-corrected chi connectivity index (χ0v) is 23.2. The minimum absolute atomic E-state index is 0.222. The van der Waals surface area contributed by atoms with E-state index in [1.54, 1.807) is 78.6 Å². The van der Waals surface area contributed by atoms with E-state index in [1.165, 1.54) is 12.1 Å². The van der Waals surface area contributed by atoms with Crippen molar-refractivity contribution in [1.82, 2.24) is 9.13 Å². The minimum atomic E-state index is -1.24. The Morgan fingerprint density at radius 1 is 0.744 bits per heavy atom. The Morgan fingerprint density at radius 3 is 1.62 bits per heavy atom. The van der Waals surface area contributed by atoms with Crippen LogP contribution in [-0.2, 0) is 13.6 Å². The fraction of sp³-hybridized carbons (Fsp3) is 0.172. The van der Waals surface area contributed by atoms with Gasteiger partial charge in [-0.1, -0.05) is 47.5 Å². The van der Waals surface area contributed by atoms with Crippen LogP contribution in [0.25, 0.3) is 22.5 Å². The van der Waals surface area contributed by atoms with Gasteiger partial charge >= 0.3 is 11.9 Å². The molecule has 4 rings (SSSR count). The Labute approximate surface area is 234 Å². The average molecular weight is 569 g/mol. The Balaban J connectivity index is 0.000000216. The predicted octanol–water partition coefficient (Wildman–Crippen LogP) is 5.91. The first-order chi connectivity index (χ1) is 18.4. The first-order valence-corrected chi connectivity index (χ1v) is 12.6. The van der Waals surface area contributed by atoms with Gasteiger partial charge in [0, 0.05) is 58.3 Å². The van der Waals surface area contributed by atoms with Gasteiger partial charge in [0.15, 0.2) is 10.9 Å². The highest BCUT2D eigenvalue weighted by molar-refractivity contribution is 6.31. The number of carboxylic acid groups (broad SMARTS) is 2. The molecule has 2 heterocycles. The molecular weight excluding hydrogens is 543 g/mol. The second kappa shape index (κ2) is 12.1. The summed E-state index contributed by atoms with van der Waals surface area (Å²) in [4.78, 5) is 46.6. The summed E-state index contributed by atoms with van der Waals surface area (Å²) < 4.78 is 3.48. The number of benzene rings is 2. The molecule has 8 nitrogen and oxygen atoms in total. The zero-order chi connectivity index (χ0) is 29.0. The molecule has 0 amide bonds. The van der Waals surface area contributed by atoms with E-state index in [2.05, 4.69) is 0 Å². The zero-order valence-electron chi connectivity index (χ0n) is 21.7.